The molecule has 0 aliphatic rings. The van der Waals surface area contributed by atoms with Gasteiger partial charge < -0.3 is 0 Å². The van der Waals surface area contributed by atoms with E-state index in [-0.39, 0.29) is 11.5 Å². The molecule has 1 heterocycles. The van der Waals surface area contributed by atoms with E-state index >= 15 is 0 Å². The van der Waals surface area contributed by atoms with Gasteiger partial charge in [-0.25, -0.2) is 4.98 Å². The van der Waals surface area contributed by atoms with Crippen LogP contribution in [0.1, 0.15) is 17.0 Å². The summed E-state index contributed by atoms with van der Waals surface area (Å²) in [6.45, 7) is 0. The van der Waals surface area contributed by atoms with Gasteiger partial charge in [-0.1, -0.05) is 54.6 Å². The SMILES string of the molecule is O=c1c2ccccc2nc(/C=C\c2ccccc2)n1-c1cccc(C(F)(F)F)c1. The Kier molecular flexibility index (Phi) is 4.76. The summed E-state index contributed by atoms with van der Waals surface area (Å²) >= 11 is 0. The summed E-state index contributed by atoms with van der Waals surface area (Å²) in [5.41, 5.74) is 0.213. The molecule has 0 spiro atoms. The Morgan fingerprint density at radius 1 is 0.828 bits per heavy atom. The van der Waals surface area contributed by atoms with Gasteiger partial charge in [0.25, 0.3) is 5.56 Å². The van der Waals surface area contributed by atoms with Gasteiger partial charge in [0.05, 0.1) is 22.2 Å². The summed E-state index contributed by atoms with van der Waals surface area (Å²) in [5, 5.41) is 0.335. The summed E-state index contributed by atoms with van der Waals surface area (Å²) < 4.78 is 40.8. The van der Waals surface area contributed by atoms with E-state index in [1.165, 1.54) is 16.7 Å². The maximum Gasteiger partial charge on any atom is 0.416 e. The van der Waals surface area contributed by atoms with Crippen molar-refractivity contribution in [2.24, 2.45) is 0 Å². The molecular formula is C23H15F3N2O. The molecule has 3 nitrogen and oxygen atoms in total. The summed E-state index contributed by atoms with van der Waals surface area (Å²) in [7, 11) is 0. The van der Waals surface area contributed by atoms with Gasteiger partial charge in [0, 0.05) is 0 Å². The van der Waals surface area contributed by atoms with Crippen molar-refractivity contribution in [3.8, 4) is 5.69 Å². The number of hydrogen-bond acceptors (Lipinski definition) is 2. The van der Waals surface area contributed by atoms with E-state index in [1.807, 2.05) is 30.3 Å². The van der Waals surface area contributed by atoms with E-state index < -0.39 is 17.3 Å². The normalized spacial score (nSPS) is 12.0. The van der Waals surface area contributed by atoms with Gasteiger partial charge in [-0.15, -0.1) is 0 Å². The molecule has 0 aliphatic heterocycles. The predicted octanol–water partition coefficient (Wildman–Crippen LogP) is 5.57. The molecule has 0 saturated carbocycles. The third kappa shape index (κ3) is 3.82. The fourth-order valence-corrected chi connectivity index (χ4v) is 3.07. The van der Waals surface area contributed by atoms with Crippen LogP contribution in [0.5, 0.6) is 0 Å². The molecule has 4 aromatic rings. The van der Waals surface area contributed by atoms with Crippen LogP contribution in [0.2, 0.25) is 0 Å². The number of hydrogen-bond donors (Lipinski definition) is 0. The van der Waals surface area contributed by atoms with Crippen molar-refractivity contribution in [3.63, 3.8) is 0 Å². The zero-order valence-electron chi connectivity index (χ0n) is 15.1. The number of fused-ring (bicyclic) bond motifs is 1. The van der Waals surface area contributed by atoms with Gasteiger partial charge in [-0.2, -0.15) is 13.2 Å². The highest BCUT2D eigenvalue weighted by molar-refractivity contribution is 5.80. The van der Waals surface area contributed by atoms with Gasteiger partial charge in [-0.3, -0.25) is 9.36 Å². The number of nitrogens with zero attached hydrogens (tertiary/aromatic N) is 2. The molecular weight excluding hydrogens is 377 g/mol. The molecule has 0 N–H and O–H groups in total. The number of benzene rings is 3. The van der Waals surface area contributed by atoms with Crippen LogP contribution in [-0.4, -0.2) is 9.55 Å². The van der Waals surface area contributed by atoms with E-state index in [1.54, 1.807) is 36.4 Å². The van der Waals surface area contributed by atoms with Crippen LogP contribution >= 0.6 is 0 Å². The van der Waals surface area contributed by atoms with Crippen LogP contribution in [0.25, 0.3) is 28.7 Å². The molecule has 0 saturated heterocycles. The summed E-state index contributed by atoms with van der Waals surface area (Å²) in [5.74, 6) is 0.247. The van der Waals surface area contributed by atoms with Crippen molar-refractivity contribution >= 4 is 23.1 Å². The number of alkyl halides is 3. The molecule has 0 bridgehead atoms. The quantitative estimate of drug-likeness (QED) is 0.457. The van der Waals surface area contributed by atoms with E-state index in [2.05, 4.69) is 4.98 Å². The Balaban J connectivity index is 1.96. The predicted molar refractivity (Wildman–Crippen MR) is 108 cm³/mol. The first kappa shape index (κ1) is 18.7. The molecule has 0 aliphatic carbocycles. The third-order valence-corrected chi connectivity index (χ3v) is 4.46. The van der Waals surface area contributed by atoms with Crippen LogP contribution in [0, 0.1) is 0 Å². The summed E-state index contributed by atoms with van der Waals surface area (Å²) in [4.78, 5) is 17.6. The number of halogens is 3. The molecule has 0 atom stereocenters. The second kappa shape index (κ2) is 7.39. The molecule has 0 unspecified atom stereocenters. The van der Waals surface area contributed by atoms with Crippen molar-refractivity contribution in [1.82, 2.24) is 9.55 Å². The summed E-state index contributed by atoms with van der Waals surface area (Å²) in [6.07, 6.45) is -1.12. The molecule has 29 heavy (non-hydrogen) atoms. The second-order valence-electron chi connectivity index (χ2n) is 6.42. The Morgan fingerprint density at radius 3 is 2.31 bits per heavy atom. The van der Waals surface area contributed by atoms with Gasteiger partial charge in [0.1, 0.15) is 5.82 Å². The van der Waals surface area contributed by atoms with Crippen LogP contribution in [0.15, 0.2) is 83.7 Å². The van der Waals surface area contributed by atoms with Crippen molar-refractivity contribution in [3.05, 3.63) is 106 Å². The summed E-state index contributed by atoms with van der Waals surface area (Å²) in [6, 6.07) is 20.8. The highest BCUT2D eigenvalue weighted by Gasteiger charge is 2.30. The smallest absolute Gasteiger partial charge is 0.268 e. The van der Waals surface area contributed by atoms with E-state index in [4.69, 9.17) is 0 Å². The molecule has 3 aromatic carbocycles. The van der Waals surface area contributed by atoms with E-state index in [9.17, 15) is 18.0 Å². The fourth-order valence-electron chi connectivity index (χ4n) is 3.07. The Hall–Kier alpha value is -3.67. The first-order chi connectivity index (χ1) is 13.9. The highest BCUT2D eigenvalue weighted by Crippen LogP contribution is 2.30. The maximum absolute atomic E-state index is 13.2. The highest BCUT2D eigenvalue weighted by atomic mass is 19.4. The van der Waals surface area contributed by atoms with Crippen LogP contribution in [-0.2, 0) is 6.18 Å². The Bertz CT molecular complexity index is 1260. The Labute approximate surface area is 164 Å². The zero-order valence-corrected chi connectivity index (χ0v) is 15.1. The van der Waals surface area contributed by atoms with Crippen molar-refractivity contribution in [1.29, 1.82) is 0 Å². The topological polar surface area (TPSA) is 34.9 Å². The number of para-hydroxylation sites is 1. The first-order valence-corrected chi connectivity index (χ1v) is 8.86. The van der Waals surface area contributed by atoms with Gasteiger partial charge in [0.15, 0.2) is 0 Å². The maximum atomic E-state index is 13.2. The molecule has 4 rings (SSSR count). The average Bonchev–Trinajstić information content (AvgIpc) is 2.72. The lowest BCUT2D eigenvalue weighted by molar-refractivity contribution is -0.137. The number of aromatic nitrogens is 2. The van der Waals surface area contributed by atoms with Crippen LogP contribution in [0.3, 0.4) is 0 Å². The minimum absolute atomic E-state index is 0.107. The first-order valence-electron chi connectivity index (χ1n) is 8.86. The van der Waals surface area contributed by atoms with Gasteiger partial charge >= 0.3 is 6.18 Å². The largest absolute Gasteiger partial charge is 0.416 e. The number of rotatable bonds is 3. The van der Waals surface area contributed by atoms with Crippen LogP contribution < -0.4 is 5.56 Å². The standard InChI is InChI=1S/C23H15F3N2O/c24-23(25,26)17-9-6-10-18(15-17)28-21(14-13-16-7-2-1-3-8-16)27-20-12-5-4-11-19(20)22(28)29/h1-15H/b14-13-. The molecule has 0 amide bonds. The monoisotopic (exact) mass is 392 g/mol. The lowest BCUT2D eigenvalue weighted by Crippen LogP contribution is -2.22. The van der Waals surface area contributed by atoms with Crippen molar-refractivity contribution < 1.29 is 13.2 Å². The van der Waals surface area contributed by atoms with Gasteiger partial charge in [-0.05, 0) is 42.0 Å². The lowest BCUT2D eigenvalue weighted by atomic mass is 10.1. The zero-order chi connectivity index (χ0) is 20.4. The molecule has 1 aromatic heterocycles. The Morgan fingerprint density at radius 2 is 1.55 bits per heavy atom. The second-order valence-corrected chi connectivity index (χ2v) is 6.42. The van der Waals surface area contributed by atoms with E-state index in [0.29, 0.717) is 10.9 Å². The van der Waals surface area contributed by atoms with E-state index in [0.717, 1.165) is 17.7 Å². The molecule has 0 radical (unpaired) electrons. The minimum Gasteiger partial charge on any atom is -0.268 e. The average molecular weight is 392 g/mol. The van der Waals surface area contributed by atoms with Crippen LogP contribution in [0.4, 0.5) is 13.2 Å². The van der Waals surface area contributed by atoms with Crippen molar-refractivity contribution in [2.45, 2.75) is 6.18 Å². The third-order valence-electron chi connectivity index (χ3n) is 4.46. The van der Waals surface area contributed by atoms with Crippen molar-refractivity contribution in [2.75, 3.05) is 0 Å². The molecule has 0 fully saturated rings. The molecule has 144 valence electrons. The minimum atomic E-state index is -4.51. The molecule has 6 heteroatoms. The lowest BCUT2D eigenvalue weighted by Gasteiger charge is -2.13. The fraction of sp³-hybridized carbons (Fsp3) is 0.0435. The van der Waals surface area contributed by atoms with Gasteiger partial charge in [0.2, 0.25) is 0 Å².